The molecule has 21 heteroatoms. The Labute approximate surface area is 148 Å². The van der Waals surface area contributed by atoms with Crippen molar-refractivity contribution in [3.05, 3.63) is 0 Å². The van der Waals surface area contributed by atoms with E-state index in [0.29, 0.717) is 0 Å². The first-order valence-corrected chi connectivity index (χ1v) is 13.0. The van der Waals surface area contributed by atoms with Crippen LogP contribution < -0.4 is 0 Å². The van der Waals surface area contributed by atoms with Gasteiger partial charge in [0.25, 0.3) is 40.5 Å². The molecule has 26 heavy (non-hydrogen) atoms. The van der Waals surface area contributed by atoms with Crippen LogP contribution in [0.25, 0.3) is 0 Å². The predicted octanol–water partition coefficient (Wildman–Crippen LogP) is -3.54. The van der Waals surface area contributed by atoms with E-state index in [0.717, 1.165) is 0 Å². The van der Waals surface area contributed by atoms with Crippen molar-refractivity contribution in [3.8, 4) is 0 Å². The fourth-order valence-electron chi connectivity index (χ4n) is 1.68. The molecule has 0 aromatic heterocycles. The van der Waals surface area contributed by atoms with E-state index in [9.17, 15) is 42.1 Å². The molecule has 0 rings (SSSR count). The van der Waals surface area contributed by atoms with E-state index in [1.165, 1.54) is 0 Å². The molecule has 3 unspecified atom stereocenters. The van der Waals surface area contributed by atoms with Crippen LogP contribution in [-0.4, -0.2) is 93.0 Å². The Kier molecular flexibility index (Phi) is 7.71. The van der Waals surface area contributed by atoms with Crippen LogP contribution in [0.5, 0.6) is 0 Å². The summed E-state index contributed by atoms with van der Waals surface area (Å²) < 4.78 is 158. The molecule has 0 aromatic carbocycles. The summed E-state index contributed by atoms with van der Waals surface area (Å²) in [5.74, 6) is -2.19. The molecular formula is C5H12O16S5. The highest BCUT2D eigenvalue weighted by atomic mass is 32.3. The fraction of sp³-hybridized carbons (Fsp3) is 1.00. The molecule has 0 spiro atoms. The molecule has 0 fully saturated rings. The Morgan fingerprint density at radius 1 is 0.615 bits per heavy atom. The third kappa shape index (κ3) is 8.94. The maximum atomic E-state index is 11.4. The first-order valence-electron chi connectivity index (χ1n) is 5.51. The summed E-state index contributed by atoms with van der Waals surface area (Å²) in [4.78, 5) is 0. The van der Waals surface area contributed by atoms with Crippen molar-refractivity contribution < 1.29 is 69.0 Å². The molecule has 0 saturated heterocycles. The van der Waals surface area contributed by atoms with E-state index < -0.39 is 79.0 Å². The van der Waals surface area contributed by atoms with Crippen molar-refractivity contribution in [2.45, 2.75) is 15.7 Å². The smallest absolute Gasteiger partial charge is 0.286 e. The van der Waals surface area contributed by atoms with Crippen LogP contribution in [-0.2, 0) is 55.1 Å². The Morgan fingerprint density at radius 3 is 1.23 bits per heavy atom. The molecule has 0 aliphatic heterocycles. The number of rotatable bonds is 10. The minimum atomic E-state index is -5.98. The van der Waals surface area contributed by atoms with Crippen LogP contribution in [0.2, 0.25) is 0 Å². The SMILES string of the molecule is O=S(=O)(O)CC(C(C(COS(=O)(=O)O)S(=O)(=O)O)S(=O)(=O)O)S(=O)(=O)O. The van der Waals surface area contributed by atoms with Gasteiger partial charge in [-0.3, -0.25) is 22.8 Å². The molecule has 0 amide bonds. The lowest BCUT2D eigenvalue weighted by molar-refractivity contribution is 0.257. The minimum absolute atomic E-state index is 2.03. The molecule has 0 bridgehead atoms. The van der Waals surface area contributed by atoms with Crippen LogP contribution in [0, 0.1) is 0 Å². The van der Waals surface area contributed by atoms with Crippen molar-refractivity contribution in [2.24, 2.45) is 0 Å². The standard InChI is InChI=1S/C5H12O16S5/c6-22(7,8)2-4(24(12,13)14)5(25(15,16)17)3(23(9,10)11)1-21-26(18,19)20/h3-5H,1-2H2,(H,6,7,8)(H,9,10,11)(H,12,13,14)(H,15,16,17)(H,18,19,20). The maximum Gasteiger partial charge on any atom is 0.397 e. The second-order valence-corrected chi connectivity index (χ2v) is 12.0. The summed E-state index contributed by atoms with van der Waals surface area (Å²) in [5, 5.41) is -10.0. The van der Waals surface area contributed by atoms with E-state index in [1.807, 2.05) is 0 Å². The summed E-state index contributed by atoms with van der Waals surface area (Å²) in [6.07, 6.45) is 0. The molecule has 3 atom stereocenters. The Morgan fingerprint density at radius 2 is 1.00 bits per heavy atom. The average molecular weight is 488 g/mol. The van der Waals surface area contributed by atoms with Gasteiger partial charge in [-0.05, 0) is 0 Å². The second-order valence-electron chi connectivity index (χ2n) is 4.55. The first kappa shape index (κ1) is 25.5. The minimum Gasteiger partial charge on any atom is -0.286 e. The van der Waals surface area contributed by atoms with Crippen LogP contribution in [0.1, 0.15) is 0 Å². The van der Waals surface area contributed by atoms with Crippen molar-refractivity contribution in [1.82, 2.24) is 0 Å². The van der Waals surface area contributed by atoms with Gasteiger partial charge in [0, 0.05) is 0 Å². The van der Waals surface area contributed by atoms with Gasteiger partial charge in [0.2, 0.25) is 0 Å². The lowest BCUT2D eigenvalue weighted by atomic mass is 10.2. The molecule has 0 radical (unpaired) electrons. The fourth-order valence-corrected chi connectivity index (χ4v) is 8.06. The summed E-state index contributed by atoms with van der Waals surface area (Å²) in [7, 11) is -28.6. The highest BCUT2D eigenvalue weighted by Crippen LogP contribution is 2.23. The van der Waals surface area contributed by atoms with Gasteiger partial charge in [-0.1, -0.05) is 0 Å². The zero-order valence-electron chi connectivity index (χ0n) is 11.9. The van der Waals surface area contributed by atoms with Gasteiger partial charge in [-0.2, -0.15) is 42.1 Å². The molecule has 0 aliphatic carbocycles. The van der Waals surface area contributed by atoms with Crippen LogP contribution in [0.15, 0.2) is 0 Å². The molecule has 0 aromatic rings. The average Bonchev–Trinajstić information content (AvgIpc) is 2.24. The predicted molar refractivity (Wildman–Crippen MR) is 79.9 cm³/mol. The van der Waals surface area contributed by atoms with E-state index in [4.69, 9.17) is 22.8 Å². The molecule has 0 aliphatic rings. The largest absolute Gasteiger partial charge is 0.397 e. The van der Waals surface area contributed by atoms with E-state index in [-0.39, 0.29) is 0 Å². The van der Waals surface area contributed by atoms with E-state index >= 15 is 0 Å². The molecule has 158 valence electrons. The molecule has 5 N–H and O–H groups in total. The summed E-state index contributed by atoms with van der Waals surface area (Å²) in [6, 6.07) is 0. The lowest BCUT2D eigenvalue weighted by Crippen LogP contribution is -2.54. The van der Waals surface area contributed by atoms with E-state index in [1.54, 1.807) is 0 Å². The number of hydrogen-bond acceptors (Lipinski definition) is 11. The van der Waals surface area contributed by atoms with Gasteiger partial charge < -0.3 is 0 Å². The zero-order chi connectivity index (χ0) is 21.4. The monoisotopic (exact) mass is 488 g/mol. The first-order chi connectivity index (χ1) is 11.1. The van der Waals surface area contributed by atoms with Gasteiger partial charge in [-0.15, -0.1) is 0 Å². The molecule has 0 heterocycles. The highest BCUT2D eigenvalue weighted by molar-refractivity contribution is 7.94. The summed E-state index contributed by atoms with van der Waals surface area (Å²) in [6.45, 7) is -2.03. The molecule has 16 nitrogen and oxygen atoms in total. The van der Waals surface area contributed by atoms with Gasteiger partial charge >= 0.3 is 10.4 Å². The zero-order valence-corrected chi connectivity index (χ0v) is 16.0. The summed E-state index contributed by atoms with van der Waals surface area (Å²) in [5.41, 5.74) is 0. The van der Waals surface area contributed by atoms with Gasteiger partial charge in [0.15, 0.2) is 0 Å². The van der Waals surface area contributed by atoms with Crippen molar-refractivity contribution in [2.75, 3.05) is 12.4 Å². The van der Waals surface area contributed by atoms with Gasteiger partial charge in [0.1, 0.15) is 15.7 Å². The van der Waals surface area contributed by atoms with Crippen molar-refractivity contribution in [1.29, 1.82) is 0 Å². The third-order valence-electron chi connectivity index (χ3n) is 2.60. The third-order valence-corrected chi connectivity index (χ3v) is 8.13. The number of hydrogen-bond donors (Lipinski definition) is 5. The van der Waals surface area contributed by atoms with Crippen LogP contribution >= 0.6 is 0 Å². The second kappa shape index (κ2) is 7.86. The van der Waals surface area contributed by atoms with Crippen LogP contribution in [0.3, 0.4) is 0 Å². The molecule has 0 saturated carbocycles. The summed E-state index contributed by atoms with van der Waals surface area (Å²) >= 11 is 0. The van der Waals surface area contributed by atoms with Crippen molar-refractivity contribution >= 4 is 50.9 Å². The maximum absolute atomic E-state index is 11.4. The lowest BCUT2D eigenvalue weighted by Gasteiger charge is -2.26. The normalized spacial score (nSPS) is 18.2. The van der Waals surface area contributed by atoms with E-state index in [2.05, 4.69) is 4.18 Å². The Hall–Kier alpha value is -0.490. The quantitative estimate of drug-likeness (QED) is 0.186. The van der Waals surface area contributed by atoms with Gasteiger partial charge in [-0.25, -0.2) is 4.18 Å². The molecular weight excluding hydrogens is 476 g/mol. The Balaban J connectivity index is 6.65. The van der Waals surface area contributed by atoms with Gasteiger partial charge in [0.05, 0.1) is 12.4 Å². The van der Waals surface area contributed by atoms with Crippen molar-refractivity contribution in [3.63, 3.8) is 0 Å². The van der Waals surface area contributed by atoms with Crippen LogP contribution in [0.4, 0.5) is 0 Å². The highest BCUT2D eigenvalue weighted by Gasteiger charge is 2.52. The Bertz CT molecular complexity index is 1030. The topological polar surface area (TPSA) is 281 Å².